The molecule has 0 amide bonds. The van der Waals surface area contributed by atoms with E-state index in [2.05, 4.69) is 31.2 Å². The third-order valence-corrected chi connectivity index (χ3v) is 4.84. The van der Waals surface area contributed by atoms with Crippen molar-refractivity contribution in [3.63, 3.8) is 0 Å². The molecule has 3 heterocycles. The molecule has 144 valence electrons. The van der Waals surface area contributed by atoms with Gasteiger partial charge in [0, 0.05) is 18.7 Å². The first-order valence-corrected chi connectivity index (χ1v) is 9.67. The van der Waals surface area contributed by atoms with E-state index in [1.54, 1.807) is 6.07 Å². The second kappa shape index (κ2) is 8.02. The largest absolute Gasteiger partial charge is 0.484 e. The van der Waals surface area contributed by atoms with Crippen LogP contribution in [0, 0.1) is 13.8 Å². The van der Waals surface area contributed by atoms with Crippen LogP contribution in [0.3, 0.4) is 0 Å². The number of hydrogen-bond acceptors (Lipinski definition) is 6. The average molecular weight is 443 g/mol. The van der Waals surface area contributed by atoms with Crippen LogP contribution in [0.2, 0.25) is 0 Å². The SMILES string of the molecule is Cc1cc(C)n(CCc2nnc(-c3ccc(COc4ccccc4Br)o3)o2)n1. The minimum Gasteiger partial charge on any atom is -0.484 e. The smallest absolute Gasteiger partial charge is 0.283 e. The normalized spacial score (nSPS) is 11.1. The highest BCUT2D eigenvalue weighted by molar-refractivity contribution is 9.10. The lowest BCUT2D eigenvalue weighted by molar-refractivity contribution is 0.269. The van der Waals surface area contributed by atoms with Gasteiger partial charge < -0.3 is 13.6 Å². The molecular formula is C20H19BrN4O3. The van der Waals surface area contributed by atoms with Crippen LogP contribution < -0.4 is 4.74 Å². The maximum absolute atomic E-state index is 5.78. The summed E-state index contributed by atoms with van der Waals surface area (Å²) in [6.45, 7) is 4.99. The van der Waals surface area contributed by atoms with Gasteiger partial charge in [-0.05, 0) is 60.1 Å². The first-order chi connectivity index (χ1) is 13.6. The number of hydrogen-bond donors (Lipinski definition) is 0. The molecule has 0 saturated heterocycles. The number of ether oxygens (including phenoxy) is 1. The summed E-state index contributed by atoms with van der Waals surface area (Å²) in [7, 11) is 0. The minimum atomic E-state index is 0.307. The maximum Gasteiger partial charge on any atom is 0.283 e. The number of aromatic nitrogens is 4. The van der Waals surface area contributed by atoms with Gasteiger partial charge in [-0.25, -0.2) is 0 Å². The molecule has 0 N–H and O–H groups in total. The first-order valence-electron chi connectivity index (χ1n) is 8.88. The zero-order valence-corrected chi connectivity index (χ0v) is 17.1. The fourth-order valence-electron chi connectivity index (χ4n) is 2.84. The zero-order chi connectivity index (χ0) is 19.5. The van der Waals surface area contributed by atoms with Crippen molar-refractivity contribution in [2.24, 2.45) is 0 Å². The highest BCUT2D eigenvalue weighted by Gasteiger charge is 2.14. The summed E-state index contributed by atoms with van der Waals surface area (Å²) in [6.07, 6.45) is 0.605. The molecule has 4 aromatic rings. The molecule has 8 heteroatoms. The first kappa shape index (κ1) is 18.5. The molecule has 0 saturated carbocycles. The van der Waals surface area contributed by atoms with Crippen LogP contribution in [-0.2, 0) is 19.6 Å². The summed E-state index contributed by atoms with van der Waals surface area (Å²) >= 11 is 3.46. The predicted molar refractivity (Wildman–Crippen MR) is 106 cm³/mol. The van der Waals surface area contributed by atoms with Gasteiger partial charge >= 0.3 is 0 Å². The quantitative estimate of drug-likeness (QED) is 0.411. The lowest BCUT2D eigenvalue weighted by Crippen LogP contribution is -2.05. The lowest BCUT2D eigenvalue weighted by Gasteiger charge is -2.05. The summed E-state index contributed by atoms with van der Waals surface area (Å²) in [4.78, 5) is 0. The van der Waals surface area contributed by atoms with Crippen LogP contribution in [0.5, 0.6) is 5.75 Å². The lowest BCUT2D eigenvalue weighted by atomic mass is 10.3. The van der Waals surface area contributed by atoms with Gasteiger partial charge in [-0.3, -0.25) is 4.68 Å². The van der Waals surface area contributed by atoms with E-state index in [0.29, 0.717) is 42.9 Å². The maximum atomic E-state index is 5.78. The van der Waals surface area contributed by atoms with Gasteiger partial charge in [-0.1, -0.05) is 12.1 Å². The number of benzene rings is 1. The Balaban J connectivity index is 1.37. The summed E-state index contributed by atoms with van der Waals surface area (Å²) in [5.74, 6) is 2.86. The molecule has 0 aliphatic carbocycles. The molecule has 0 atom stereocenters. The van der Waals surface area contributed by atoms with E-state index in [1.165, 1.54) is 0 Å². The van der Waals surface area contributed by atoms with Crippen molar-refractivity contribution in [2.75, 3.05) is 0 Å². The van der Waals surface area contributed by atoms with Gasteiger partial charge in [0.05, 0.1) is 10.2 Å². The van der Waals surface area contributed by atoms with Crippen molar-refractivity contribution in [1.82, 2.24) is 20.0 Å². The van der Waals surface area contributed by atoms with Crippen molar-refractivity contribution in [3.8, 4) is 17.4 Å². The molecule has 0 aliphatic rings. The number of furan rings is 1. The standard InChI is InChI=1S/C20H19BrN4O3/c1-13-11-14(2)25(24-13)10-9-19-22-23-20(28-19)18-8-7-15(27-18)12-26-17-6-4-3-5-16(17)21/h3-8,11H,9-10,12H2,1-2H3. The summed E-state index contributed by atoms with van der Waals surface area (Å²) in [5.41, 5.74) is 2.11. The van der Waals surface area contributed by atoms with Crippen molar-refractivity contribution in [1.29, 1.82) is 0 Å². The summed E-state index contributed by atoms with van der Waals surface area (Å²) < 4.78 is 20.1. The zero-order valence-electron chi connectivity index (χ0n) is 15.6. The Morgan fingerprint density at radius 3 is 2.71 bits per heavy atom. The van der Waals surface area contributed by atoms with E-state index in [0.717, 1.165) is 21.6 Å². The molecular weight excluding hydrogens is 424 g/mol. The summed E-state index contributed by atoms with van der Waals surface area (Å²) in [5, 5.41) is 12.6. The van der Waals surface area contributed by atoms with Crippen molar-refractivity contribution >= 4 is 15.9 Å². The Hall–Kier alpha value is -2.87. The molecule has 0 radical (unpaired) electrons. The van der Waals surface area contributed by atoms with Crippen LogP contribution in [0.4, 0.5) is 0 Å². The van der Waals surface area contributed by atoms with E-state index in [1.807, 2.05) is 54.9 Å². The molecule has 28 heavy (non-hydrogen) atoms. The number of rotatable bonds is 7. The van der Waals surface area contributed by atoms with E-state index in [9.17, 15) is 0 Å². The third-order valence-electron chi connectivity index (χ3n) is 4.19. The topological polar surface area (TPSA) is 79.1 Å². The van der Waals surface area contributed by atoms with Crippen molar-refractivity contribution in [3.05, 3.63) is 70.0 Å². The van der Waals surface area contributed by atoms with Gasteiger partial charge in [0.1, 0.15) is 18.1 Å². The number of aryl methyl sites for hydroxylation is 4. The molecule has 0 spiro atoms. The van der Waals surface area contributed by atoms with E-state index in [4.69, 9.17) is 13.6 Å². The van der Waals surface area contributed by atoms with Gasteiger partial charge in [-0.2, -0.15) is 5.10 Å². The van der Waals surface area contributed by atoms with Crippen LogP contribution in [0.1, 0.15) is 23.0 Å². The third kappa shape index (κ3) is 4.17. The molecule has 4 rings (SSSR count). The molecule has 0 bridgehead atoms. The Labute approximate surface area is 170 Å². The van der Waals surface area contributed by atoms with Gasteiger partial charge in [0.15, 0.2) is 5.76 Å². The van der Waals surface area contributed by atoms with Gasteiger partial charge in [-0.15, -0.1) is 10.2 Å². The fraction of sp³-hybridized carbons (Fsp3) is 0.250. The predicted octanol–water partition coefficient (Wildman–Crippen LogP) is 4.73. The molecule has 7 nitrogen and oxygen atoms in total. The molecule has 3 aromatic heterocycles. The fourth-order valence-corrected chi connectivity index (χ4v) is 3.24. The highest BCUT2D eigenvalue weighted by atomic mass is 79.9. The monoisotopic (exact) mass is 442 g/mol. The Kier molecular flexibility index (Phi) is 5.29. The molecule has 0 aliphatic heterocycles. The number of para-hydroxylation sites is 1. The van der Waals surface area contributed by atoms with Crippen molar-refractivity contribution in [2.45, 2.75) is 33.4 Å². The second-order valence-electron chi connectivity index (χ2n) is 6.39. The number of nitrogens with zero attached hydrogens (tertiary/aromatic N) is 4. The van der Waals surface area contributed by atoms with Crippen LogP contribution in [0.25, 0.3) is 11.7 Å². The van der Waals surface area contributed by atoms with Gasteiger partial charge in [0.25, 0.3) is 5.89 Å². The van der Waals surface area contributed by atoms with Crippen LogP contribution in [-0.4, -0.2) is 20.0 Å². The van der Waals surface area contributed by atoms with Gasteiger partial charge in [0.2, 0.25) is 5.89 Å². The highest BCUT2D eigenvalue weighted by Crippen LogP contribution is 2.26. The molecule has 0 fully saturated rings. The minimum absolute atomic E-state index is 0.307. The molecule has 1 aromatic carbocycles. The average Bonchev–Trinajstić information content (AvgIpc) is 3.39. The Morgan fingerprint density at radius 2 is 1.93 bits per heavy atom. The summed E-state index contributed by atoms with van der Waals surface area (Å²) in [6, 6.07) is 13.3. The van der Waals surface area contributed by atoms with E-state index in [-0.39, 0.29) is 0 Å². The molecule has 0 unspecified atom stereocenters. The Morgan fingerprint density at radius 1 is 1.07 bits per heavy atom. The number of halogens is 1. The van der Waals surface area contributed by atoms with Crippen LogP contribution >= 0.6 is 15.9 Å². The van der Waals surface area contributed by atoms with E-state index >= 15 is 0 Å². The second-order valence-corrected chi connectivity index (χ2v) is 7.24. The van der Waals surface area contributed by atoms with E-state index < -0.39 is 0 Å². The van der Waals surface area contributed by atoms with Crippen LogP contribution in [0.15, 0.2) is 55.8 Å². The Bertz CT molecular complexity index is 1080. The van der Waals surface area contributed by atoms with Crippen molar-refractivity contribution < 1.29 is 13.6 Å².